The van der Waals surface area contributed by atoms with Crippen LogP contribution in [-0.2, 0) is 4.79 Å². The largest absolute Gasteiger partial charge is 0.354 e. The predicted molar refractivity (Wildman–Crippen MR) is 83.5 cm³/mol. The third-order valence-electron chi connectivity index (χ3n) is 2.99. The molecule has 1 unspecified atom stereocenters. The van der Waals surface area contributed by atoms with Crippen molar-refractivity contribution in [2.24, 2.45) is 0 Å². The molecule has 1 aromatic carbocycles. The van der Waals surface area contributed by atoms with Crippen molar-refractivity contribution in [3.63, 3.8) is 0 Å². The molecular formula is C16H25NOS. The van der Waals surface area contributed by atoms with Gasteiger partial charge in [-0.05, 0) is 25.5 Å². The van der Waals surface area contributed by atoms with Crippen molar-refractivity contribution in [2.75, 3.05) is 5.75 Å². The van der Waals surface area contributed by atoms with Crippen LogP contribution in [0, 0.1) is 0 Å². The van der Waals surface area contributed by atoms with Crippen molar-refractivity contribution in [1.29, 1.82) is 0 Å². The van der Waals surface area contributed by atoms with Crippen LogP contribution in [0.2, 0.25) is 0 Å². The van der Waals surface area contributed by atoms with Gasteiger partial charge in [0.15, 0.2) is 0 Å². The van der Waals surface area contributed by atoms with E-state index in [1.54, 1.807) is 11.8 Å². The fraction of sp³-hybridized carbons (Fsp3) is 0.562. The van der Waals surface area contributed by atoms with E-state index >= 15 is 0 Å². The molecule has 1 aromatic rings. The molecule has 2 nitrogen and oxygen atoms in total. The van der Waals surface area contributed by atoms with E-state index in [9.17, 15) is 4.79 Å². The third-order valence-corrected chi connectivity index (χ3v) is 4.00. The second-order valence-corrected chi connectivity index (χ2v) is 6.04. The second kappa shape index (κ2) is 9.90. The standard InChI is InChI=1S/C16H25NOS/c1-3-4-6-9-14(2)17-16(18)12-13-19-15-10-7-5-8-11-15/h5,7-8,10-11,14H,3-4,6,9,12-13H2,1-2H3,(H,17,18). The van der Waals surface area contributed by atoms with Crippen molar-refractivity contribution in [2.45, 2.75) is 56.9 Å². The Balaban J connectivity index is 2.10. The highest BCUT2D eigenvalue weighted by Crippen LogP contribution is 2.17. The van der Waals surface area contributed by atoms with Crippen LogP contribution in [0.5, 0.6) is 0 Å². The van der Waals surface area contributed by atoms with Crippen molar-refractivity contribution in [3.05, 3.63) is 30.3 Å². The van der Waals surface area contributed by atoms with Gasteiger partial charge in [0.05, 0.1) is 0 Å². The summed E-state index contributed by atoms with van der Waals surface area (Å²) in [7, 11) is 0. The van der Waals surface area contributed by atoms with Crippen LogP contribution >= 0.6 is 11.8 Å². The number of benzene rings is 1. The number of hydrogen-bond acceptors (Lipinski definition) is 2. The van der Waals surface area contributed by atoms with Gasteiger partial charge in [-0.15, -0.1) is 11.8 Å². The summed E-state index contributed by atoms with van der Waals surface area (Å²) in [6.45, 7) is 4.29. The fourth-order valence-corrected chi connectivity index (χ4v) is 2.77. The average Bonchev–Trinajstić information content (AvgIpc) is 2.40. The highest BCUT2D eigenvalue weighted by Gasteiger charge is 2.06. The minimum absolute atomic E-state index is 0.174. The summed E-state index contributed by atoms with van der Waals surface area (Å²) in [4.78, 5) is 13.0. The number of carbonyl (C=O) groups is 1. The topological polar surface area (TPSA) is 29.1 Å². The SMILES string of the molecule is CCCCCC(C)NC(=O)CCSc1ccccc1. The summed E-state index contributed by atoms with van der Waals surface area (Å²) in [5.41, 5.74) is 0. The number of thioether (sulfide) groups is 1. The Hall–Kier alpha value is -0.960. The summed E-state index contributed by atoms with van der Waals surface area (Å²) in [6, 6.07) is 10.5. The Kier molecular flexibility index (Phi) is 8.39. The molecule has 0 bridgehead atoms. The van der Waals surface area contributed by atoms with Crippen LogP contribution in [0.1, 0.15) is 46.0 Å². The Morgan fingerprint density at radius 2 is 2.00 bits per heavy atom. The molecule has 1 rings (SSSR count). The van der Waals surface area contributed by atoms with Gasteiger partial charge in [-0.3, -0.25) is 4.79 Å². The van der Waals surface area contributed by atoms with E-state index in [0.717, 1.165) is 12.2 Å². The van der Waals surface area contributed by atoms with Crippen LogP contribution in [-0.4, -0.2) is 17.7 Å². The lowest BCUT2D eigenvalue weighted by molar-refractivity contribution is -0.121. The van der Waals surface area contributed by atoms with Gasteiger partial charge in [0.25, 0.3) is 0 Å². The van der Waals surface area contributed by atoms with E-state index in [2.05, 4.69) is 31.3 Å². The minimum Gasteiger partial charge on any atom is -0.354 e. The smallest absolute Gasteiger partial charge is 0.221 e. The normalized spacial score (nSPS) is 12.1. The monoisotopic (exact) mass is 279 g/mol. The molecule has 0 radical (unpaired) electrons. The molecule has 0 aliphatic rings. The highest BCUT2D eigenvalue weighted by molar-refractivity contribution is 7.99. The van der Waals surface area contributed by atoms with Crippen molar-refractivity contribution in [1.82, 2.24) is 5.32 Å². The van der Waals surface area contributed by atoms with Gasteiger partial charge in [0.1, 0.15) is 0 Å². The molecule has 106 valence electrons. The molecule has 0 aliphatic carbocycles. The molecule has 0 spiro atoms. The summed E-state index contributed by atoms with van der Waals surface area (Å²) in [5, 5.41) is 3.07. The Morgan fingerprint density at radius 1 is 1.26 bits per heavy atom. The van der Waals surface area contributed by atoms with Crippen molar-refractivity contribution >= 4 is 17.7 Å². The van der Waals surface area contributed by atoms with Crippen LogP contribution < -0.4 is 5.32 Å². The number of nitrogens with one attached hydrogen (secondary N) is 1. The first-order valence-corrected chi connectivity index (χ1v) is 8.18. The molecule has 0 heterocycles. The lowest BCUT2D eigenvalue weighted by atomic mass is 10.1. The Labute approximate surface area is 121 Å². The zero-order chi connectivity index (χ0) is 13.9. The van der Waals surface area contributed by atoms with Crippen LogP contribution in [0.3, 0.4) is 0 Å². The van der Waals surface area contributed by atoms with Gasteiger partial charge in [-0.2, -0.15) is 0 Å². The fourth-order valence-electron chi connectivity index (χ4n) is 1.90. The lowest BCUT2D eigenvalue weighted by Gasteiger charge is -2.13. The molecule has 0 aromatic heterocycles. The molecule has 1 atom stereocenters. The number of carbonyl (C=O) groups excluding carboxylic acids is 1. The molecule has 3 heteroatoms. The Bertz CT molecular complexity index is 353. The molecular weight excluding hydrogens is 254 g/mol. The molecule has 1 amide bonds. The minimum atomic E-state index is 0.174. The first kappa shape index (κ1) is 16.1. The summed E-state index contributed by atoms with van der Waals surface area (Å²) >= 11 is 1.74. The van der Waals surface area contributed by atoms with Gasteiger partial charge in [-0.1, -0.05) is 44.4 Å². The summed E-state index contributed by atoms with van der Waals surface area (Å²) in [5.74, 6) is 1.02. The van der Waals surface area contributed by atoms with Crippen LogP contribution in [0.15, 0.2) is 35.2 Å². The average molecular weight is 279 g/mol. The molecule has 1 N–H and O–H groups in total. The number of amides is 1. The first-order valence-electron chi connectivity index (χ1n) is 7.19. The van der Waals surface area contributed by atoms with E-state index in [-0.39, 0.29) is 5.91 Å². The zero-order valence-corrected chi connectivity index (χ0v) is 12.8. The predicted octanol–water partition coefficient (Wildman–Crippen LogP) is 4.25. The summed E-state index contributed by atoms with van der Waals surface area (Å²) in [6.07, 6.45) is 5.37. The third kappa shape index (κ3) is 7.93. The molecule has 0 saturated carbocycles. The molecule has 19 heavy (non-hydrogen) atoms. The molecule has 0 fully saturated rings. The zero-order valence-electron chi connectivity index (χ0n) is 12.0. The van der Waals surface area contributed by atoms with Gasteiger partial charge in [0.2, 0.25) is 5.91 Å². The quantitative estimate of drug-likeness (QED) is 0.541. The molecule has 0 saturated heterocycles. The first-order chi connectivity index (χ1) is 9.22. The number of hydrogen-bond donors (Lipinski definition) is 1. The van der Waals surface area contributed by atoms with Gasteiger partial charge < -0.3 is 5.32 Å². The second-order valence-electron chi connectivity index (χ2n) is 4.88. The van der Waals surface area contributed by atoms with Crippen LogP contribution in [0.4, 0.5) is 0 Å². The van der Waals surface area contributed by atoms with E-state index in [0.29, 0.717) is 12.5 Å². The van der Waals surface area contributed by atoms with Crippen molar-refractivity contribution < 1.29 is 4.79 Å². The maximum absolute atomic E-state index is 11.8. The Morgan fingerprint density at radius 3 is 2.68 bits per heavy atom. The van der Waals surface area contributed by atoms with E-state index in [1.807, 2.05) is 18.2 Å². The summed E-state index contributed by atoms with van der Waals surface area (Å²) < 4.78 is 0. The highest BCUT2D eigenvalue weighted by atomic mass is 32.2. The maximum Gasteiger partial charge on any atom is 0.221 e. The lowest BCUT2D eigenvalue weighted by Crippen LogP contribution is -2.32. The van der Waals surface area contributed by atoms with E-state index in [4.69, 9.17) is 0 Å². The number of rotatable bonds is 9. The van der Waals surface area contributed by atoms with Gasteiger partial charge >= 0.3 is 0 Å². The molecule has 0 aliphatic heterocycles. The van der Waals surface area contributed by atoms with Gasteiger partial charge in [0, 0.05) is 23.1 Å². The van der Waals surface area contributed by atoms with E-state index < -0.39 is 0 Å². The maximum atomic E-state index is 11.8. The van der Waals surface area contributed by atoms with Crippen LogP contribution in [0.25, 0.3) is 0 Å². The van der Waals surface area contributed by atoms with Crippen molar-refractivity contribution in [3.8, 4) is 0 Å². The van der Waals surface area contributed by atoms with Gasteiger partial charge in [-0.25, -0.2) is 0 Å². The van der Waals surface area contributed by atoms with E-state index in [1.165, 1.54) is 24.2 Å². The number of unbranched alkanes of at least 4 members (excludes halogenated alkanes) is 2.